The highest BCUT2D eigenvalue weighted by molar-refractivity contribution is 9.10. The second-order valence-corrected chi connectivity index (χ2v) is 6.32. The highest BCUT2D eigenvalue weighted by Crippen LogP contribution is 2.23. The van der Waals surface area contributed by atoms with Gasteiger partial charge >= 0.3 is 0 Å². The fourth-order valence-corrected chi connectivity index (χ4v) is 2.75. The molecule has 0 saturated heterocycles. The minimum atomic E-state index is -0.423. The molecule has 1 amide bonds. The lowest BCUT2D eigenvalue weighted by atomic mass is 9.94. The molecule has 0 bridgehead atoms. The van der Waals surface area contributed by atoms with E-state index in [0.29, 0.717) is 23.0 Å². The SMILES string of the molecule is CCC(N)(CC)CNC(=O)c1cc(=O)[nH]c2c(Br)cccc12. The van der Waals surface area contributed by atoms with E-state index in [1.807, 2.05) is 26.0 Å². The molecule has 1 heterocycles. The molecule has 22 heavy (non-hydrogen) atoms. The van der Waals surface area contributed by atoms with Gasteiger partial charge in [0.05, 0.1) is 11.1 Å². The van der Waals surface area contributed by atoms with E-state index >= 15 is 0 Å². The molecule has 2 rings (SSSR count). The number of hydrogen-bond donors (Lipinski definition) is 3. The van der Waals surface area contributed by atoms with Crippen molar-refractivity contribution in [1.29, 1.82) is 0 Å². The number of carbonyl (C=O) groups excluding carboxylic acids is 1. The summed E-state index contributed by atoms with van der Waals surface area (Å²) >= 11 is 3.39. The van der Waals surface area contributed by atoms with Gasteiger partial charge in [-0.3, -0.25) is 9.59 Å². The van der Waals surface area contributed by atoms with Crippen LogP contribution >= 0.6 is 15.9 Å². The smallest absolute Gasteiger partial charge is 0.252 e. The zero-order chi connectivity index (χ0) is 16.3. The van der Waals surface area contributed by atoms with Crippen LogP contribution in [0.3, 0.4) is 0 Å². The summed E-state index contributed by atoms with van der Waals surface area (Å²) in [5, 5.41) is 3.54. The molecule has 5 nitrogen and oxygen atoms in total. The molecule has 0 aliphatic heterocycles. The monoisotopic (exact) mass is 365 g/mol. The number of fused-ring (bicyclic) bond motifs is 1. The molecule has 2 aromatic rings. The Bertz CT molecular complexity index is 751. The minimum absolute atomic E-state index is 0.286. The second kappa shape index (κ2) is 6.62. The number of amides is 1. The second-order valence-electron chi connectivity index (χ2n) is 5.46. The Morgan fingerprint density at radius 3 is 2.68 bits per heavy atom. The molecule has 0 radical (unpaired) electrons. The number of nitrogens with one attached hydrogen (secondary N) is 2. The number of H-pyrrole nitrogens is 1. The van der Waals surface area contributed by atoms with E-state index in [1.165, 1.54) is 6.07 Å². The lowest BCUT2D eigenvalue weighted by molar-refractivity contribution is 0.0943. The zero-order valence-electron chi connectivity index (χ0n) is 12.7. The van der Waals surface area contributed by atoms with E-state index < -0.39 is 5.54 Å². The van der Waals surface area contributed by atoms with Crippen molar-refractivity contribution in [3.63, 3.8) is 0 Å². The zero-order valence-corrected chi connectivity index (χ0v) is 14.3. The van der Waals surface area contributed by atoms with Gasteiger partial charge in [-0.1, -0.05) is 26.0 Å². The normalized spacial score (nSPS) is 11.6. The summed E-state index contributed by atoms with van der Waals surface area (Å²) in [4.78, 5) is 27.0. The van der Waals surface area contributed by atoms with Crippen molar-refractivity contribution in [2.24, 2.45) is 5.73 Å². The van der Waals surface area contributed by atoms with Crippen molar-refractivity contribution < 1.29 is 4.79 Å². The van der Waals surface area contributed by atoms with Gasteiger partial charge in [-0.2, -0.15) is 0 Å². The van der Waals surface area contributed by atoms with Crippen LogP contribution in [-0.2, 0) is 0 Å². The van der Waals surface area contributed by atoms with Crippen molar-refractivity contribution in [2.45, 2.75) is 32.2 Å². The van der Waals surface area contributed by atoms with Crippen molar-refractivity contribution in [2.75, 3.05) is 6.54 Å². The largest absolute Gasteiger partial charge is 0.350 e. The van der Waals surface area contributed by atoms with Crippen molar-refractivity contribution in [3.05, 3.63) is 44.7 Å². The van der Waals surface area contributed by atoms with E-state index in [-0.39, 0.29) is 11.5 Å². The molecule has 0 unspecified atom stereocenters. The lowest BCUT2D eigenvalue weighted by Gasteiger charge is -2.26. The van der Waals surface area contributed by atoms with Gasteiger partial charge in [0.2, 0.25) is 5.56 Å². The van der Waals surface area contributed by atoms with Crippen LogP contribution in [0.15, 0.2) is 33.5 Å². The summed E-state index contributed by atoms with van der Waals surface area (Å²) in [6.07, 6.45) is 1.54. The third kappa shape index (κ3) is 3.39. The minimum Gasteiger partial charge on any atom is -0.350 e. The van der Waals surface area contributed by atoms with Crippen molar-refractivity contribution >= 4 is 32.7 Å². The fourth-order valence-electron chi connectivity index (χ4n) is 2.28. The molecule has 0 saturated carbocycles. The maximum atomic E-state index is 12.5. The van der Waals surface area contributed by atoms with Crippen LogP contribution in [0.4, 0.5) is 0 Å². The first-order valence-corrected chi connectivity index (χ1v) is 8.08. The predicted octanol–water partition coefficient (Wildman–Crippen LogP) is 2.54. The molecule has 0 atom stereocenters. The van der Waals surface area contributed by atoms with E-state index in [4.69, 9.17) is 5.73 Å². The van der Waals surface area contributed by atoms with Gasteiger partial charge in [0, 0.05) is 28.0 Å². The predicted molar refractivity (Wildman–Crippen MR) is 92.1 cm³/mol. The molecule has 0 spiro atoms. The number of rotatable bonds is 5. The summed E-state index contributed by atoms with van der Waals surface area (Å²) in [6.45, 7) is 4.37. The molecule has 0 fully saturated rings. The Hall–Kier alpha value is -1.66. The first-order valence-electron chi connectivity index (χ1n) is 7.29. The van der Waals surface area contributed by atoms with Crippen molar-refractivity contribution in [3.8, 4) is 0 Å². The van der Waals surface area contributed by atoms with Crippen LogP contribution in [0, 0.1) is 0 Å². The average molecular weight is 366 g/mol. The number of aromatic nitrogens is 1. The number of pyridine rings is 1. The fraction of sp³-hybridized carbons (Fsp3) is 0.375. The lowest BCUT2D eigenvalue weighted by Crippen LogP contribution is -2.49. The third-order valence-corrected chi connectivity index (χ3v) is 4.74. The molecule has 0 aliphatic carbocycles. The van der Waals surface area contributed by atoms with Crippen LogP contribution in [-0.4, -0.2) is 23.0 Å². The van der Waals surface area contributed by atoms with E-state index in [1.54, 1.807) is 6.07 Å². The standard InChI is InChI=1S/C16H20BrN3O2/c1-3-16(18,4-2)9-19-15(22)11-8-13(21)20-14-10(11)6-5-7-12(14)17/h5-8H,3-4,9,18H2,1-2H3,(H,19,22)(H,20,21). The Balaban J connectivity index is 2.36. The summed E-state index contributed by atoms with van der Waals surface area (Å²) in [5.74, 6) is -0.286. The number of aromatic amines is 1. The van der Waals surface area contributed by atoms with Gasteiger partial charge in [0.25, 0.3) is 5.91 Å². The maximum Gasteiger partial charge on any atom is 0.252 e. The van der Waals surface area contributed by atoms with Crippen LogP contribution in [0.1, 0.15) is 37.0 Å². The van der Waals surface area contributed by atoms with E-state index in [0.717, 1.165) is 17.3 Å². The summed E-state index contributed by atoms with van der Waals surface area (Å²) < 4.78 is 0.743. The Labute approximate surface area is 137 Å². The summed E-state index contributed by atoms with van der Waals surface area (Å²) in [5.41, 5.74) is 6.44. The topological polar surface area (TPSA) is 88.0 Å². The number of halogens is 1. The van der Waals surface area contributed by atoms with E-state index in [2.05, 4.69) is 26.2 Å². The van der Waals surface area contributed by atoms with Gasteiger partial charge in [-0.15, -0.1) is 0 Å². The quantitative estimate of drug-likeness (QED) is 0.760. The highest BCUT2D eigenvalue weighted by atomic mass is 79.9. The summed E-state index contributed by atoms with van der Waals surface area (Å²) in [7, 11) is 0. The number of para-hydroxylation sites is 1. The first-order chi connectivity index (χ1) is 10.4. The van der Waals surface area contributed by atoms with Crippen LogP contribution < -0.4 is 16.6 Å². The number of benzene rings is 1. The van der Waals surface area contributed by atoms with Gasteiger partial charge in [-0.25, -0.2) is 0 Å². The van der Waals surface area contributed by atoms with Gasteiger partial charge in [0.1, 0.15) is 0 Å². The molecule has 118 valence electrons. The van der Waals surface area contributed by atoms with Gasteiger partial charge in [-0.05, 0) is 34.8 Å². The molecular weight excluding hydrogens is 346 g/mol. The number of nitrogens with two attached hydrogens (primary N) is 1. The van der Waals surface area contributed by atoms with Gasteiger partial charge < -0.3 is 16.0 Å². The number of carbonyl (C=O) groups is 1. The Morgan fingerprint density at radius 1 is 1.36 bits per heavy atom. The molecule has 0 aliphatic rings. The van der Waals surface area contributed by atoms with Crippen LogP contribution in [0.5, 0.6) is 0 Å². The first kappa shape index (κ1) is 16.7. The Morgan fingerprint density at radius 2 is 2.05 bits per heavy atom. The van der Waals surface area contributed by atoms with Gasteiger partial charge in [0.15, 0.2) is 0 Å². The third-order valence-electron chi connectivity index (χ3n) is 4.08. The highest BCUT2D eigenvalue weighted by Gasteiger charge is 2.22. The Kier molecular flexibility index (Phi) is 5.03. The average Bonchev–Trinajstić information content (AvgIpc) is 2.52. The van der Waals surface area contributed by atoms with Crippen LogP contribution in [0.25, 0.3) is 10.9 Å². The molecular formula is C16H20BrN3O2. The van der Waals surface area contributed by atoms with Crippen molar-refractivity contribution in [1.82, 2.24) is 10.3 Å². The maximum absolute atomic E-state index is 12.5. The molecule has 4 N–H and O–H groups in total. The summed E-state index contributed by atoms with van der Waals surface area (Å²) in [6, 6.07) is 6.77. The van der Waals surface area contributed by atoms with E-state index in [9.17, 15) is 9.59 Å². The molecule has 1 aromatic heterocycles. The van der Waals surface area contributed by atoms with Crippen LogP contribution in [0.2, 0.25) is 0 Å². The molecule has 1 aromatic carbocycles. The number of hydrogen-bond acceptors (Lipinski definition) is 3. The molecule has 6 heteroatoms.